The molecule has 1 fully saturated rings. The van der Waals surface area contributed by atoms with E-state index in [1.165, 1.54) is 6.92 Å². The number of aromatic amines is 2. The first-order chi connectivity index (χ1) is 17.8. The number of ether oxygens (including phenoxy) is 1. The molecular formula is C25H24F6N4O3. The zero-order valence-electron chi connectivity index (χ0n) is 20.1. The minimum atomic E-state index is -4.97. The van der Waals surface area contributed by atoms with Gasteiger partial charge in [-0.1, -0.05) is 30.3 Å². The highest BCUT2D eigenvalue weighted by molar-refractivity contribution is 5.78. The average Bonchev–Trinajstić information content (AvgIpc) is 3.27. The van der Waals surface area contributed by atoms with Gasteiger partial charge in [0.15, 0.2) is 0 Å². The van der Waals surface area contributed by atoms with Crippen LogP contribution in [0.25, 0.3) is 0 Å². The topological polar surface area (TPSA) is 91.1 Å². The van der Waals surface area contributed by atoms with Gasteiger partial charge in [0.25, 0.3) is 0 Å². The Morgan fingerprint density at radius 1 is 1.08 bits per heavy atom. The number of hydrogen-bond donors (Lipinski definition) is 2. The van der Waals surface area contributed by atoms with Crippen LogP contribution in [0.4, 0.5) is 26.3 Å². The molecule has 0 bridgehead atoms. The summed E-state index contributed by atoms with van der Waals surface area (Å²) >= 11 is 0. The van der Waals surface area contributed by atoms with Crippen molar-refractivity contribution in [1.29, 1.82) is 0 Å². The van der Waals surface area contributed by atoms with Gasteiger partial charge >= 0.3 is 18.0 Å². The van der Waals surface area contributed by atoms with Crippen LogP contribution in [0.2, 0.25) is 0 Å². The summed E-state index contributed by atoms with van der Waals surface area (Å²) in [5.74, 6) is -0.524. The lowest BCUT2D eigenvalue weighted by molar-refractivity contribution is -0.143. The van der Waals surface area contributed by atoms with E-state index in [4.69, 9.17) is 4.74 Å². The monoisotopic (exact) mass is 542 g/mol. The van der Waals surface area contributed by atoms with Gasteiger partial charge in [-0.25, -0.2) is 9.89 Å². The van der Waals surface area contributed by atoms with Crippen molar-refractivity contribution in [3.8, 4) is 0 Å². The molecule has 2 heterocycles. The first-order valence-corrected chi connectivity index (χ1v) is 11.7. The number of aromatic nitrogens is 3. The lowest BCUT2D eigenvalue weighted by Crippen LogP contribution is -2.46. The van der Waals surface area contributed by atoms with Crippen molar-refractivity contribution in [3.05, 3.63) is 87.1 Å². The molecule has 38 heavy (non-hydrogen) atoms. The summed E-state index contributed by atoms with van der Waals surface area (Å²) in [7, 11) is 0. The SMILES string of the molecule is C[C@@H](O[C@H]1CCN(C(=O)Cc2n[nH]c(=O)[nH]2)C[C@H]1c1ccccc1)c1cc(C(F)(F)F)cc(C(F)(F)F)c1. The Hall–Kier alpha value is -3.61. The Balaban J connectivity index is 1.57. The maximum Gasteiger partial charge on any atom is 0.416 e. The number of H-pyrrole nitrogens is 2. The largest absolute Gasteiger partial charge is 0.416 e. The van der Waals surface area contributed by atoms with E-state index in [2.05, 4.69) is 15.2 Å². The van der Waals surface area contributed by atoms with Gasteiger partial charge in [-0.05, 0) is 42.7 Å². The average molecular weight is 542 g/mol. The fraction of sp³-hybridized carbons (Fsp3) is 0.400. The zero-order chi connectivity index (χ0) is 27.7. The summed E-state index contributed by atoms with van der Waals surface area (Å²) in [5.41, 5.74) is -2.81. The molecule has 13 heteroatoms. The molecule has 204 valence electrons. The van der Waals surface area contributed by atoms with E-state index in [1.807, 2.05) is 12.1 Å². The highest BCUT2D eigenvalue weighted by atomic mass is 19.4. The van der Waals surface area contributed by atoms with Crippen LogP contribution in [0.5, 0.6) is 0 Å². The Morgan fingerprint density at radius 2 is 1.71 bits per heavy atom. The van der Waals surface area contributed by atoms with Crippen LogP contribution in [0.15, 0.2) is 53.3 Å². The number of carbonyl (C=O) groups excluding carboxylic acids is 1. The second kappa shape index (κ2) is 10.6. The van der Waals surface area contributed by atoms with Gasteiger partial charge in [0, 0.05) is 19.0 Å². The number of benzene rings is 2. The molecule has 3 atom stereocenters. The number of rotatable bonds is 6. The van der Waals surface area contributed by atoms with Crippen molar-refractivity contribution >= 4 is 5.91 Å². The number of nitrogens with zero attached hydrogens (tertiary/aromatic N) is 2. The van der Waals surface area contributed by atoms with E-state index >= 15 is 0 Å². The third kappa shape index (κ3) is 6.44. The van der Waals surface area contributed by atoms with Gasteiger partial charge in [-0.3, -0.25) is 9.78 Å². The van der Waals surface area contributed by atoms with Crippen molar-refractivity contribution < 1.29 is 35.9 Å². The molecule has 0 unspecified atom stereocenters. The quantitative estimate of drug-likeness (QED) is 0.436. The fourth-order valence-electron chi connectivity index (χ4n) is 4.54. The molecule has 1 amide bonds. The number of carbonyl (C=O) groups is 1. The number of alkyl halides is 6. The van der Waals surface area contributed by atoms with Crippen LogP contribution < -0.4 is 5.69 Å². The van der Waals surface area contributed by atoms with Crippen molar-refractivity contribution in [1.82, 2.24) is 20.1 Å². The maximum absolute atomic E-state index is 13.3. The molecule has 7 nitrogen and oxygen atoms in total. The van der Waals surface area contributed by atoms with Gasteiger partial charge in [-0.15, -0.1) is 0 Å². The summed E-state index contributed by atoms with van der Waals surface area (Å²) in [6, 6.07) is 10.4. The smallest absolute Gasteiger partial charge is 0.370 e. The molecule has 0 aliphatic carbocycles. The standard InChI is InChI=1S/C25H24F6N4O3/c1-14(16-9-17(24(26,27)28)11-18(10-16)25(29,30)31)38-20-7-8-35(13-19(20)15-5-3-2-4-6-15)22(36)12-21-32-23(37)34-33-21/h2-6,9-11,14,19-20H,7-8,12-13H2,1H3,(H2,32,33,34,37)/t14-,19+,20+/m1/s1. The number of halogens is 6. The lowest BCUT2D eigenvalue weighted by Gasteiger charge is -2.40. The molecule has 3 aromatic rings. The van der Waals surface area contributed by atoms with E-state index in [9.17, 15) is 35.9 Å². The first kappa shape index (κ1) is 27.4. The van der Waals surface area contributed by atoms with E-state index < -0.39 is 47.3 Å². The molecule has 1 saturated heterocycles. The van der Waals surface area contributed by atoms with E-state index in [0.717, 1.165) is 5.56 Å². The van der Waals surface area contributed by atoms with Gasteiger partial charge in [-0.2, -0.15) is 31.4 Å². The molecule has 2 aromatic carbocycles. The summed E-state index contributed by atoms with van der Waals surface area (Å²) in [5, 5.41) is 5.93. The number of nitrogens with one attached hydrogen (secondary N) is 2. The molecule has 0 spiro atoms. The van der Waals surface area contributed by atoms with E-state index in [0.29, 0.717) is 12.1 Å². The minimum Gasteiger partial charge on any atom is -0.370 e. The van der Waals surface area contributed by atoms with Crippen LogP contribution >= 0.6 is 0 Å². The normalized spacial score (nSPS) is 19.4. The number of hydrogen-bond acceptors (Lipinski definition) is 4. The summed E-state index contributed by atoms with van der Waals surface area (Å²) < 4.78 is 86.2. The maximum atomic E-state index is 13.3. The molecule has 0 radical (unpaired) electrons. The van der Waals surface area contributed by atoms with Gasteiger partial charge in [0.1, 0.15) is 5.82 Å². The minimum absolute atomic E-state index is 0.0830. The van der Waals surface area contributed by atoms with E-state index in [-0.39, 0.29) is 49.3 Å². The third-order valence-electron chi connectivity index (χ3n) is 6.46. The van der Waals surface area contributed by atoms with E-state index in [1.54, 1.807) is 23.1 Å². The summed E-state index contributed by atoms with van der Waals surface area (Å²) in [6.07, 6.45) is -11.5. The fourth-order valence-corrected chi connectivity index (χ4v) is 4.54. The Bertz CT molecular complexity index is 1290. The van der Waals surface area contributed by atoms with Crippen LogP contribution in [0.1, 0.15) is 53.4 Å². The van der Waals surface area contributed by atoms with Crippen molar-refractivity contribution in [2.45, 2.75) is 50.2 Å². The molecule has 1 aliphatic rings. The third-order valence-corrected chi connectivity index (χ3v) is 6.46. The molecule has 0 saturated carbocycles. The van der Waals surface area contributed by atoms with Crippen LogP contribution in [0, 0.1) is 0 Å². The van der Waals surface area contributed by atoms with Crippen molar-refractivity contribution in [3.63, 3.8) is 0 Å². The zero-order valence-corrected chi connectivity index (χ0v) is 20.1. The van der Waals surface area contributed by atoms with Crippen LogP contribution in [-0.4, -0.2) is 45.2 Å². The van der Waals surface area contributed by atoms with Gasteiger partial charge < -0.3 is 9.64 Å². The Morgan fingerprint density at radius 3 is 2.26 bits per heavy atom. The first-order valence-electron chi connectivity index (χ1n) is 11.7. The highest BCUT2D eigenvalue weighted by Crippen LogP contribution is 2.39. The predicted molar refractivity (Wildman–Crippen MR) is 123 cm³/mol. The molecular weight excluding hydrogens is 518 g/mol. The number of amides is 1. The summed E-state index contributed by atoms with van der Waals surface area (Å²) in [4.78, 5) is 28.1. The molecule has 4 rings (SSSR count). The Labute approximate surface area is 212 Å². The number of piperidine rings is 1. The van der Waals surface area contributed by atoms with Gasteiger partial charge in [0.2, 0.25) is 5.91 Å². The van der Waals surface area contributed by atoms with Crippen LogP contribution in [-0.2, 0) is 28.3 Å². The van der Waals surface area contributed by atoms with Crippen LogP contribution in [0.3, 0.4) is 0 Å². The molecule has 2 N–H and O–H groups in total. The lowest BCUT2D eigenvalue weighted by atomic mass is 9.87. The Kier molecular flexibility index (Phi) is 7.68. The van der Waals surface area contributed by atoms with Crippen molar-refractivity contribution in [2.24, 2.45) is 0 Å². The number of likely N-dealkylation sites (tertiary alicyclic amines) is 1. The second-order valence-electron chi connectivity index (χ2n) is 9.10. The molecule has 1 aromatic heterocycles. The highest BCUT2D eigenvalue weighted by Gasteiger charge is 2.39. The van der Waals surface area contributed by atoms with Gasteiger partial charge in [0.05, 0.1) is 29.8 Å². The van der Waals surface area contributed by atoms with Crippen molar-refractivity contribution in [2.75, 3.05) is 13.1 Å². The molecule has 1 aliphatic heterocycles. The summed E-state index contributed by atoms with van der Waals surface area (Å²) in [6.45, 7) is 1.85. The second-order valence-corrected chi connectivity index (χ2v) is 9.10. The predicted octanol–water partition coefficient (Wildman–Crippen LogP) is 4.84.